The minimum absolute atomic E-state index is 0.109. The van der Waals surface area contributed by atoms with Crippen molar-refractivity contribution in [3.8, 4) is 0 Å². The molecule has 92 valence electrons. The molecule has 1 heterocycles. The molecule has 0 saturated heterocycles. The maximum absolute atomic E-state index is 12.0. The highest BCUT2D eigenvalue weighted by molar-refractivity contribution is 5.93. The fourth-order valence-electron chi connectivity index (χ4n) is 2.08. The molecule has 0 atom stereocenters. The number of hydrogen-bond donors (Lipinski definition) is 2. The Labute approximate surface area is 99.1 Å². The van der Waals surface area contributed by atoms with Crippen LogP contribution >= 0.6 is 0 Å². The average Bonchev–Trinajstić information content (AvgIpc) is 2.27. The van der Waals surface area contributed by atoms with Crippen LogP contribution in [0.2, 0.25) is 0 Å². The first-order valence-corrected chi connectivity index (χ1v) is 5.68. The Bertz CT molecular complexity index is 443. The van der Waals surface area contributed by atoms with Gasteiger partial charge in [-0.1, -0.05) is 0 Å². The lowest BCUT2D eigenvalue weighted by molar-refractivity contribution is 0.0265. The zero-order valence-corrected chi connectivity index (χ0v) is 9.72. The Morgan fingerprint density at radius 1 is 1.53 bits per heavy atom. The summed E-state index contributed by atoms with van der Waals surface area (Å²) < 4.78 is 0. The summed E-state index contributed by atoms with van der Waals surface area (Å²) in [7, 11) is 1.73. The van der Waals surface area contributed by atoms with Crippen LogP contribution in [0.15, 0.2) is 23.1 Å². The van der Waals surface area contributed by atoms with E-state index in [2.05, 4.69) is 4.98 Å². The number of carbonyl (C=O) groups excluding carboxylic acids is 1. The fourth-order valence-corrected chi connectivity index (χ4v) is 2.08. The average molecular weight is 236 g/mol. The minimum Gasteiger partial charge on any atom is -0.393 e. The number of nitrogens with zero attached hydrogens (tertiary/aromatic N) is 1. The van der Waals surface area contributed by atoms with E-state index in [1.807, 2.05) is 0 Å². The molecule has 1 aromatic heterocycles. The third-order valence-electron chi connectivity index (χ3n) is 3.12. The van der Waals surface area contributed by atoms with Crippen molar-refractivity contribution in [1.29, 1.82) is 0 Å². The molecular formula is C12H16N2O3. The number of aromatic nitrogens is 1. The Hall–Kier alpha value is -1.62. The monoisotopic (exact) mass is 236 g/mol. The van der Waals surface area contributed by atoms with Gasteiger partial charge in [0.2, 0.25) is 5.56 Å². The van der Waals surface area contributed by atoms with Crippen LogP contribution in [0.3, 0.4) is 0 Å². The number of amides is 1. The largest absolute Gasteiger partial charge is 0.393 e. The van der Waals surface area contributed by atoms with Crippen molar-refractivity contribution in [2.24, 2.45) is 5.92 Å². The molecule has 0 aromatic carbocycles. The van der Waals surface area contributed by atoms with Gasteiger partial charge < -0.3 is 15.0 Å². The predicted molar refractivity (Wildman–Crippen MR) is 62.8 cm³/mol. The molecule has 1 amide bonds. The van der Waals surface area contributed by atoms with Crippen LogP contribution in [0.25, 0.3) is 0 Å². The van der Waals surface area contributed by atoms with E-state index >= 15 is 0 Å². The van der Waals surface area contributed by atoms with E-state index in [-0.39, 0.29) is 17.6 Å². The molecule has 2 rings (SSSR count). The highest BCUT2D eigenvalue weighted by atomic mass is 16.3. The summed E-state index contributed by atoms with van der Waals surface area (Å²) in [5.41, 5.74) is 0.262. The van der Waals surface area contributed by atoms with Crippen LogP contribution in [0.1, 0.15) is 23.2 Å². The molecule has 2 N–H and O–H groups in total. The predicted octanol–water partition coefficient (Wildman–Crippen LogP) is 0.218. The van der Waals surface area contributed by atoms with Crippen LogP contribution in [-0.4, -0.2) is 40.6 Å². The lowest BCUT2D eigenvalue weighted by Crippen LogP contribution is -2.39. The van der Waals surface area contributed by atoms with Crippen LogP contribution < -0.4 is 5.56 Å². The number of H-pyrrole nitrogens is 1. The van der Waals surface area contributed by atoms with E-state index in [9.17, 15) is 14.7 Å². The maximum Gasteiger partial charge on any atom is 0.255 e. The fraction of sp³-hybridized carbons (Fsp3) is 0.500. The molecule has 0 bridgehead atoms. The van der Waals surface area contributed by atoms with Gasteiger partial charge in [-0.3, -0.25) is 9.59 Å². The second-order valence-electron chi connectivity index (χ2n) is 4.62. The van der Waals surface area contributed by atoms with Crippen LogP contribution in [0.4, 0.5) is 0 Å². The SMILES string of the molecule is CN(CC1CC(O)C1)C(=O)c1ccc(=O)[nH]c1. The van der Waals surface area contributed by atoms with Gasteiger partial charge in [0.1, 0.15) is 0 Å². The van der Waals surface area contributed by atoms with E-state index in [1.54, 1.807) is 11.9 Å². The van der Waals surface area contributed by atoms with Crippen molar-refractivity contribution in [2.75, 3.05) is 13.6 Å². The number of nitrogens with one attached hydrogen (secondary N) is 1. The van der Waals surface area contributed by atoms with Crippen molar-refractivity contribution in [3.05, 3.63) is 34.2 Å². The number of rotatable bonds is 3. The lowest BCUT2D eigenvalue weighted by atomic mass is 9.82. The molecule has 17 heavy (non-hydrogen) atoms. The maximum atomic E-state index is 12.0. The highest BCUT2D eigenvalue weighted by Gasteiger charge is 2.29. The quantitative estimate of drug-likeness (QED) is 0.788. The third-order valence-corrected chi connectivity index (χ3v) is 3.12. The van der Waals surface area contributed by atoms with Crippen molar-refractivity contribution in [3.63, 3.8) is 0 Å². The summed E-state index contributed by atoms with van der Waals surface area (Å²) in [5, 5.41) is 9.17. The molecule has 0 aliphatic heterocycles. The molecule has 1 aliphatic carbocycles. The first kappa shape index (κ1) is 11.9. The van der Waals surface area contributed by atoms with Gasteiger partial charge in [-0.25, -0.2) is 0 Å². The summed E-state index contributed by atoms with van der Waals surface area (Å²) in [4.78, 5) is 26.9. The molecule has 1 aromatic rings. The molecule has 0 radical (unpaired) electrons. The molecule has 0 unspecified atom stereocenters. The van der Waals surface area contributed by atoms with Gasteiger partial charge in [0.15, 0.2) is 0 Å². The van der Waals surface area contributed by atoms with Crippen LogP contribution in [-0.2, 0) is 0 Å². The number of hydrogen-bond acceptors (Lipinski definition) is 3. The van der Waals surface area contributed by atoms with Gasteiger partial charge >= 0.3 is 0 Å². The lowest BCUT2D eigenvalue weighted by Gasteiger charge is -2.34. The van der Waals surface area contributed by atoms with Crippen molar-refractivity contribution >= 4 is 5.91 Å². The summed E-state index contributed by atoms with van der Waals surface area (Å²) >= 11 is 0. The summed E-state index contributed by atoms with van der Waals surface area (Å²) in [6.45, 7) is 0.648. The highest BCUT2D eigenvalue weighted by Crippen LogP contribution is 2.27. The van der Waals surface area contributed by atoms with E-state index in [1.165, 1.54) is 18.3 Å². The van der Waals surface area contributed by atoms with Crippen molar-refractivity contribution in [2.45, 2.75) is 18.9 Å². The van der Waals surface area contributed by atoms with E-state index in [0.29, 0.717) is 18.0 Å². The number of aliphatic hydroxyl groups is 1. The Morgan fingerprint density at radius 2 is 2.24 bits per heavy atom. The summed E-state index contributed by atoms with van der Waals surface area (Å²) in [6.07, 6.45) is 2.76. The molecule has 1 aliphatic rings. The summed E-state index contributed by atoms with van der Waals surface area (Å²) in [6, 6.07) is 2.86. The topological polar surface area (TPSA) is 73.4 Å². The van der Waals surface area contributed by atoms with Crippen molar-refractivity contribution in [1.82, 2.24) is 9.88 Å². The first-order valence-electron chi connectivity index (χ1n) is 5.68. The van der Waals surface area contributed by atoms with E-state index in [0.717, 1.165) is 12.8 Å². The Kier molecular flexibility index (Phi) is 3.28. The molecule has 0 spiro atoms. The molecule has 5 nitrogen and oxygen atoms in total. The second kappa shape index (κ2) is 4.71. The van der Waals surface area contributed by atoms with Gasteiger partial charge in [-0.05, 0) is 24.8 Å². The smallest absolute Gasteiger partial charge is 0.255 e. The van der Waals surface area contributed by atoms with Gasteiger partial charge in [-0.15, -0.1) is 0 Å². The van der Waals surface area contributed by atoms with Crippen LogP contribution in [0.5, 0.6) is 0 Å². The van der Waals surface area contributed by atoms with E-state index in [4.69, 9.17) is 0 Å². The molecule has 1 fully saturated rings. The molecule has 5 heteroatoms. The number of carbonyl (C=O) groups is 1. The zero-order valence-electron chi connectivity index (χ0n) is 9.72. The number of pyridine rings is 1. The number of aliphatic hydroxyl groups excluding tert-OH is 1. The zero-order chi connectivity index (χ0) is 12.4. The molecular weight excluding hydrogens is 220 g/mol. The molecule has 1 saturated carbocycles. The third kappa shape index (κ3) is 2.74. The Morgan fingerprint density at radius 3 is 2.76 bits per heavy atom. The van der Waals surface area contributed by atoms with Crippen LogP contribution in [0, 0.1) is 5.92 Å². The second-order valence-corrected chi connectivity index (χ2v) is 4.62. The van der Waals surface area contributed by atoms with Gasteiger partial charge in [-0.2, -0.15) is 0 Å². The minimum atomic E-state index is -0.216. The van der Waals surface area contributed by atoms with Gasteiger partial charge in [0.25, 0.3) is 5.91 Å². The number of aromatic amines is 1. The first-order chi connectivity index (χ1) is 8.06. The summed E-state index contributed by atoms with van der Waals surface area (Å²) in [5.74, 6) is 0.282. The standard InChI is InChI=1S/C12H16N2O3/c1-14(7-8-4-10(15)5-8)12(17)9-2-3-11(16)13-6-9/h2-3,6,8,10,15H,4-5,7H2,1H3,(H,13,16). The Balaban J connectivity index is 1.94. The van der Waals surface area contributed by atoms with E-state index < -0.39 is 0 Å². The van der Waals surface area contributed by atoms with Gasteiger partial charge in [0, 0.05) is 25.9 Å². The normalized spacial score (nSPS) is 22.9. The van der Waals surface area contributed by atoms with Gasteiger partial charge in [0.05, 0.1) is 11.7 Å². The van der Waals surface area contributed by atoms with Crippen molar-refractivity contribution < 1.29 is 9.90 Å².